The molecule has 0 spiro atoms. The number of carbonyl (C=O) groups is 1. The highest BCUT2D eigenvalue weighted by atomic mass is 19.1. The van der Waals surface area contributed by atoms with Gasteiger partial charge in [0.15, 0.2) is 11.7 Å². The number of likely N-dealkylation sites (tertiary alicyclic amines) is 1. The zero-order valence-electron chi connectivity index (χ0n) is 12.7. The highest BCUT2D eigenvalue weighted by Crippen LogP contribution is 2.21. The van der Waals surface area contributed by atoms with Gasteiger partial charge in [0.2, 0.25) is 5.91 Å². The number of piperidine rings is 1. The van der Waals surface area contributed by atoms with Gasteiger partial charge < -0.3 is 14.4 Å². The molecule has 1 aromatic heterocycles. The summed E-state index contributed by atoms with van der Waals surface area (Å²) in [6, 6.07) is 5.99. The van der Waals surface area contributed by atoms with Crippen molar-refractivity contribution in [3.63, 3.8) is 0 Å². The first-order valence-corrected chi connectivity index (χ1v) is 7.78. The minimum Gasteiger partial charge on any atom is -0.441 e. The van der Waals surface area contributed by atoms with E-state index in [1.54, 1.807) is 23.2 Å². The molecule has 2 heterocycles. The fourth-order valence-corrected chi connectivity index (χ4v) is 2.66. The zero-order valence-corrected chi connectivity index (χ0v) is 12.7. The van der Waals surface area contributed by atoms with E-state index in [1.165, 1.54) is 12.1 Å². The van der Waals surface area contributed by atoms with Crippen LogP contribution >= 0.6 is 0 Å². The molecule has 1 N–H and O–H groups in total. The van der Waals surface area contributed by atoms with E-state index in [4.69, 9.17) is 4.42 Å². The molecule has 6 heteroatoms. The molecule has 3 rings (SSSR count). The number of hydrogen-bond acceptors (Lipinski definition) is 4. The Morgan fingerprint density at radius 2 is 2.00 bits per heavy atom. The molecule has 122 valence electrons. The number of aliphatic hydroxyl groups is 1. The third-order valence-electron chi connectivity index (χ3n) is 4.05. The molecule has 1 amide bonds. The summed E-state index contributed by atoms with van der Waals surface area (Å²) >= 11 is 0. The summed E-state index contributed by atoms with van der Waals surface area (Å²) in [6.07, 6.45) is 3.34. The molecule has 1 aromatic carbocycles. The maximum absolute atomic E-state index is 12.9. The molecule has 1 aliphatic rings. The van der Waals surface area contributed by atoms with Crippen molar-refractivity contribution < 1.29 is 18.7 Å². The van der Waals surface area contributed by atoms with Crippen molar-refractivity contribution in [3.8, 4) is 11.3 Å². The van der Waals surface area contributed by atoms with Crippen LogP contribution in [0.15, 0.2) is 34.9 Å². The molecule has 0 aliphatic carbocycles. The summed E-state index contributed by atoms with van der Waals surface area (Å²) < 4.78 is 18.5. The first-order chi connectivity index (χ1) is 11.1. The van der Waals surface area contributed by atoms with Gasteiger partial charge in [-0.3, -0.25) is 4.79 Å². The zero-order chi connectivity index (χ0) is 16.2. The fraction of sp³-hybridized carbons (Fsp3) is 0.412. The minimum atomic E-state index is -0.300. The molecule has 1 fully saturated rings. The number of rotatable bonds is 4. The normalized spacial score (nSPS) is 15.8. The van der Waals surface area contributed by atoms with Crippen molar-refractivity contribution in [2.75, 3.05) is 13.1 Å². The van der Waals surface area contributed by atoms with Crippen molar-refractivity contribution in [1.82, 2.24) is 9.88 Å². The van der Waals surface area contributed by atoms with Crippen LogP contribution in [-0.2, 0) is 11.2 Å². The Kier molecular flexibility index (Phi) is 4.71. The average Bonchev–Trinajstić information content (AvgIpc) is 3.03. The summed E-state index contributed by atoms with van der Waals surface area (Å²) in [4.78, 5) is 18.1. The second-order valence-electron chi connectivity index (χ2n) is 5.74. The van der Waals surface area contributed by atoms with E-state index < -0.39 is 0 Å². The van der Waals surface area contributed by atoms with Crippen LogP contribution in [0.4, 0.5) is 4.39 Å². The summed E-state index contributed by atoms with van der Waals surface area (Å²) in [5.41, 5.74) is 0.751. The molecule has 0 radical (unpaired) electrons. The van der Waals surface area contributed by atoms with Gasteiger partial charge in [-0.2, -0.15) is 0 Å². The largest absolute Gasteiger partial charge is 0.441 e. The van der Waals surface area contributed by atoms with Crippen LogP contribution in [-0.4, -0.2) is 40.1 Å². The first-order valence-electron chi connectivity index (χ1n) is 7.78. The topological polar surface area (TPSA) is 66.6 Å². The van der Waals surface area contributed by atoms with Gasteiger partial charge in [0.25, 0.3) is 0 Å². The van der Waals surface area contributed by atoms with Gasteiger partial charge in [0, 0.05) is 31.5 Å². The van der Waals surface area contributed by atoms with Crippen molar-refractivity contribution in [3.05, 3.63) is 42.2 Å². The molecule has 0 bridgehead atoms. The second-order valence-corrected chi connectivity index (χ2v) is 5.74. The van der Waals surface area contributed by atoms with Gasteiger partial charge in [-0.1, -0.05) is 0 Å². The third-order valence-corrected chi connectivity index (χ3v) is 4.05. The molecule has 1 saturated heterocycles. The lowest BCUT2D eigenvalue weighted by molar-refractivity contribution is -0.133. The number of oxazole rings is 1. The Morgan fingerprint density at radius 3 is 2.70 bits per heavy atom. The highest BCUT2D eigenvalue weighted by molar-refractivity contribution is 5.76. The molecule has 0 saturated carbocycles. The molecular formula is C17H19FN2O3. The summed E-state index contributed by atoms with van der Waals surface area (Å²) in [6.45, 7) is 1.21. The van der Waals surface area contributed by atoms with Crippen molar-refractivity contribution in [1.29, 1.82) is 0 Å². The lowest BCUT2D eigenvalue weighted by Gasteiger charge is -2.29. The number of hydrogen-bond donors (Lipinski definition) is 1. The van der Waals surface area contributed by atoms with E-state index in [-0.39, 0.29) is 17.8 Å². The molecule has 1 aliphatic heterocycles. The Hall–Kier alpha value is -2.21. The van der Waals surface area contributed by atoms with Crippen LogP contribution in [0.2, 0.25) is 0 Å². The smallest absolute Gasteiger partial charge is 0.223 e. The Bertz CT molecular complexity index is 661. The SMILES string of the molecule is O=C(CCc1ncc(-c2ccc(F)cc2)o1)N1CCC(O)CC1. The molecule has 0 unspecified atom stereocenters. The van der Waals surface area contributed by atoms with E-state index in [9.17, 15) is 14.3 Å². The lowest BCUT2D eigenvalue weighted by Crippen LogP contribution is -2.40. The number of carbonyl (C=O) groups excluding carboxylic acids is 1. The third kappa shape index (κ3) is 3.96. The van der Waals surface area contributed by atoms with Gasteiger partial charge in [-0.15, -0.1) is 0 Å². The van der Waals surface area contributed by atoms with E-state index in [1.807, 2.05) is 0 Å². The van der Waals surface area contributed by atoms with E-state index in [0.717, 1.165) is 5.56 Å². The minimum absolute atomic E-state index is 0.0541. The summed E-state index contributed by atoms with van der Waals surface area (Å²) in [7, 11) is 0. The van der Waals surface area contributed by atoms with Crippen LogP contribution in [0.1, 0.15) is 25.2 Å². The number of amides is 1. The predicted octanol–water partition coefficient (Wildman–Crippen LogP) is 2.40. The predicted molar refractivity (Wildman–Crippen MR) is 82.0 cm³/mol. The van der Waals surface area contributed by atoms with Gasteiger partial charge in [0.05, 0.1) is 12.3 Å². The number of aromatic nitrogens is 1. The number of nitrogens with zero attached hydrogens (tertiary/aromatic N) is 2. The molecule has 2 aromatic rings. The van der Waals surface area contributed by atoms with Crippen LogP contribution in [0.25, 0.3) is 11.3 Å². The van der Waals surface area contributed by atoms with Gasteiger partial charge in [-0.25, -0.2) is 9.37 Å². The van der Waals surface area contributed by atoms with E-state index in [2.05, 4.69) is 4.98 Å². The van der Waals surface area contributed by atoms with Crippen LogP contribution in [0.5, 0.6) is 0 Å². The fourth-order valence-electron chi connectivity index (χ4n) is 2.66. The molecule has 23 heavy (non-hydrogen) atoms. The van der Waals surface area contributed by atoms with Crippen LogP contribution in [0.3, 0.4) is 0 Å². The van der Waals surface area contributed by atoms with E-state index >= 15 is 0 Å². The Morgan fingerprint density at radius 1 is 1.30 bits per heavy atom. The summed E-state index contributed by atoms with van der Waals surface area (Å²) in [5, 5.41) is 9.46. The maximum atomic E-state index is 12.9. The van der Waals surface area contributed by atoms with Crippen LogP contribution < -0.4 is 0 Å². The van der Waals surface area contributed by atoms with Gasteiger partial charge in [0.1, 0.15) is 5.82 Å². The standard InChI is InChI=1S/C17H19FN2O3/c18-13-3-1-12(2-4-13)15-11-19-16(23-15)5-6-17(22)20-9-7-14(21)8-10-20/h1-4,11,14,21H,5-10H2. The second kappa shape index (κ2) is 6.91. The number of aryl methyl sites for hydroxylation is 1. The van der Waals surface area contributed by atoms with Crippen molar-refractivity contribution in [2.24, 2.45) is 0 Å². The van der Waals surface area contributed by atoms with Crippen LogP contribution in [0, 0.1) is 5.82 Å². The first kappa shape index (κ1) is 15.7. The monoisotopic (exact) mass is 318 g/mol. The Balaban J connectivity index is 1.55. The maximum Gasteiger partial charge on any atom is 0.223 e. The lowest BCUT2D eigenvalue weighted by atomic mass is 10.1. The summed E-state index contributed by atoms with van der Waals surface area (Å²) in [5.74, 6) is 0.812. The quantitative estimate of drug-likeness (QED) is 0.940. The number of aliphatic hydroxyl groups excluding tert-OH is 1. The Labute approximate surface area is 133 Å². The number of halogens is 1. The van der Waals surface area contributed by atoms with Crippen molar-refractivity contribution >= 4 is 5.91 Å². The van der Waals surface area contributed by atoms with Gasteiger partial charge in [-0.05, 0) is 37.1 Å². The number of benzene rings is 1. The highest BCUT2D eigenvalue weighted by Gasteiger charge is 2.21. The van der Waals surface area contributed by atoms with E-state index in [0.29, 0.717) is 50.4 Å². The average molecular weight is 318 g/mol. The molecule has 0 atom stereocenters. The molecule has 5 nitrogen and oxygen atoms in total. The van der Waals surface area contributed by atoms with Gasteiger partial charge >= 0.3 is 0 Å². The molecular weight excluding hydrogens is 299 g/mol. The van der Waals surface area contributed by atoms with Crippen molar-refractivity contribution in [2.45, 2.75) is 31.8 Å².